The quantitative estimate of drug-likeness (QED) is 0.543. The zero-order chi connectivity index (χ0) is 14.4. The van der Waals surface area contributed by atoms with E-state index in [-0.39, 0.29) is 0 Å². The number of aromatic nitrogens is 4. The molecule has 0 amide bonds. The van der Waals surface area contributed by atoms with Crippen molar-refractivity contribution in [3.8, 4) is 22.2 Å². The summed E-state index contributed by atoms with van der Waals surface area (Å²) in [6, 6.07) is 8.90. The average molecular weight is 337 g/mol. The molecule has 0 aliphatic carbocycles. The van der Waals surface area contributed by atoms with Crippen molar-refractivity contribution in [1.82, 2.24) is 19.8 Å². The molecule has 5 nitrogen and oxygen atoms in total. The highest BCUT2D eigenvalue weighted by atomic mass is 35.5. The Morgan fingerprint density at radius 2 is 2.05 bits per heavy atom. The Bertz CT molecular complexity index is 929. The number of furan rings is 1. The summed E-state index contributed by atoms with van der Waals surface area (Å²) in [4.78, 5) is 0.669. The van der Waals surface area contributed by atoms with E-state index in [0.29, 0.717) is 26.6 Å². The lowest BCUT2D eigenvalue weighted by molar-refractivity contribution is 0.575. The third-order valence-corrected chi connectivity index (χ3v) is 4.37. The predicted octanol–water partition coefficient (Wildman–Crippen LogP) is 4.42. The highest BCUT2D eigenvalue weighted by Gasteiger charge is 2.17. The average Bonchev–Trinajstić information content (AvgIpc) is 3.13. The van der Waals surface area contributed by atoms with Gasteiger partial charge in [-0.2, -0.15) is 9.61 Å². The van der Waals surface area contributed by atoms with Gasteiger partial charge >= 0.3 is 0 Å². The summed E-state index contributed by atoms with van der Waals surface area (Å²) < 4.78 is 6.98. The monoisotopic (exact) mass is 336 g/mol. The molecule has 0 fully saturated rings. The molecule has 0 atom stereocenters. The fourth-order valence-electron chi connectivity index (χ4n) is 1.95. The molecule has 3 aromatic heterocycles. The van der Waals surface area contributed by atoms with Crippen molar-refractivity contribution in [2.24, 2.45) is 0 Å². The van der Waals surface area contributed by atoms with Crippen LogP contribution in [-0.2, 0) is 0 Å². The van der Waals surface area contributed by atoms with Crippen molar-refractivity contribution in [2.45, 2.75) is 0 Å². The van der Waals surface area contributed by atoms with Gasteiger partial charge in [0, 0.05) is 10.6 Å². The zero-order valence-electron chi connectivity index (χ0n) is 10.3. The van der Waals surface area contributed by atoms with Crippen molar-refractivity contribution >= 4 is 39.5 Å². The van der Waals surface area contributed by atoms with E-state index in [1.807, 2.05) is 12.1 Å². The Hall–Kier alpha value is -1.89. The second kappa shape index (κ2) is 4.84. The first kappa shape index (κ1) is 12.8. The SMILES string of the molecule is Clc1ccc(-c2nn3c(-c4ccco4)nnc3s2)c(Cl)c1. The van der Waals surface area contributed by atoms with Crippen LogP contribution in [0, 0.1) is 0 Å². The van der Waals surface area contributed by atoms with Crippen LogP contribution in [0.4, 0.5) is 0 Å². The second-order valence-corrected chi connectivity index (χ2v) is 6.03. The summed E-state index contributed by atoms with van der Waals surface area (Å²) in [6.45, 7) is 0. The van der Waals surface area contributed by atoms with E-state index in [1.54, 1.807) is 29.0 Å². The van der Waals surface area contributed by atoms with Gasteiger partial charge in [-0.15, -0.1) is 10.2 Å². The van der Waals surface area contributed by atoms with Gasteiger partial charge < -0.3 is 4.42 Å². The van der Waals surface area contributed by atoms with Gasteiger partial charge in [0.05, 0.1) is 11.3 Å². The smallest absolute Gasteiger partial charge is 0.235 e. The van der Waals surface area contributed by atoms with Gasteiger partial charge in [-0.1, -0.05) is 34.5 Å². The number of hydrogen-bond donors (Lipinski definition) is 0. The normalized spacial score (nSPS) is 11.3. The third kappa shape index (κ3) is 2.12. The Morgan fingerprint density at radius 3 is 2.81 bits per heavy atom. The zero-order valence-corrected chi connectivity index (χ0v) is 12.7. The Labute approximate surface area is 132 Å². The summed E-state index contributed by atoms with van der Waals surface area (Å²) in [5.41, 5.74) is 0.807. The van der Waals surface area contributed by atoms with Crippen LogP contribution in [-0.4, -0.2) is 19.8 Å². The number of halogens is 2. The molecule has 1 aromatic carbocycles. The topological polar surface area (TPSA) is 56.2 Å². The van der Waals surface area contributed by atoms with Gasteiger partial charge in [0.1, 0.15) is 5.01 Å². The minimum absolute atomic E-state index is 0.548. The lowest BCUT2D eigenvalue weighted by atomic mass is 10.2. The number of benzene rings is 1. The first-order valence-corrected chi connectivity index (χ1v) is 7.51. The maximum Gasteiger partial charge on any atom is 0.235 e. The third-order valence-electron chi connectivity index (χ3n) is 2.89. The first-order valence-electron chi connectivity index (χ1n) is 5.94. The van der Waals surface area contributed by atoms with E-state index in [1.165, 1.54) is 11.3 Å². The largest absolute Gasteiger partial charge is 0.461 e. The maximum absolute atomic E-state index is 6.22. The van der Waals surface area contributed by atoms with Crippen molar-refractivity contribution in [2.75, 3.05) is 0 Å². The van der Waals surface area contributed by atoms with E-state index in [9.17, 15) is 0 Å². The summed E-state index contributed by atoms with van der Waals surface area (Å²) in [5.74, 6) is 1.17. The van der Waals surface area contributed by atoms with Gasteiger partial charge in [0.2, 0.25) is 10.8 Å². The summed E-state index contributed by atoms with van der Waals surface area (Å²) >= 11 is 13.5. The van der Waals surface area contributed by atoms with Crippen LogP contribution >= 0.6 is 34.5 Å². The number of fused-ring (bicyclic) bond motifs is 1. The molecule has 0 aliphatic rings. The molecule has 0 radical (unpaired) electrons. The van der Waals surface area contributed by atoms with Gasteiger partial charge in [-0.3, -0.25) is 0 Å². The van der Waals surface area contributed by atoms with E-state index in [0.717, 1.165) is 10.6 Å². The first-order chi connectivity index (χ1) is 10.2. The van der Waals surface area contributed by atoms with Crippen LogP contribution in [0.2, 0.25) is 10.0 Å². The fraction of sp³-hybridized carbons (Fsp3) is 0. The number of hydrogen-bond acceptors (Lipinski definition) is 5. The molecular formula is C13H6Cl2N4OS. The fourth-order valence-corrected chi connectivity index (χ4v) is 3.38. The minimum Gasteiger partial charge on any atom is -0.461 e. The molecular weight excluding hydrogens is 331 g/mol. The standard InChI is InChI=1S/C13H6Cl2N4OS/c14-7-3-4-8(9(15)6-7)12-18-19-11(10-2-1-5-20-10)16-17-13(19)21-12/h1-6H. The van der Waals surface area contributed by atoms with Gasteiger partial charge in [-0.25, -0.2) is 0 Å². The van der Waals surface area contributed by atoms with Gasteiger partial charge in [-0.05, 0) is 30.3 Å². The van der Waals surface area contributed by atoms with Crippen molar-refractivity contribution in [1.29, 1.82) is 0 Å². The molecule has 0 saturated carbocycles. The molecule has 4 aromatic rings. The van der Waals surface area contributed by atoms with Crippen LogP contribution < -0.4 is 0 Å². The molecule has 104 valence electrons. The molecule has 0 unspecified atom stereocenters. The maximum atomic E-state index is 6.22. The molecule has 0 saturated heterocycles. The summed E-state index contributed by atoms with van der Waals surface area (Å²) in [5, 5.41) is 14.6. The van der Waals surface area contributed by atoms with Crippen molar-refractivity contribution in [3.05, 3.63) is 46.6 Å². The lowest BCUT2D eigenvalue weighted by Gasteiger charge is -1.99. The molecule has 0 bridgehead atoms. The Morgan fingerprint density at radius 1 is 1.14 bits per heavy atom. The van der Waals surface area contributed by atoms with E-state index < -0.39 is 0 Å². The highest BCUT2D eigenvalue weighted by Crippen LogP contribution is 2.34. The van der Waals surface area contributed by atoms with Crippen molar-refractivity contribution < 1.29 is 4.42 Å². The molecule has 8 heteroatoms. The summed E-state index contributed by atoms with van der Waals surface area (Å²) in [7, 11) is 0. The Kier molecular flexibility index (Phi) is 2.95. The van der Waals surface area contributed by atoms with Crippen LogP contribution in [0.15, 0.2) is 41.0 Å². The van der Waals surface area contributed by atoms with E-state index in [2.05, 4.69) is 15.3 Å². The molecule has 4 rings (SSSR count). The van der Waals surface area contributed by atoms with Crippen molar-refractivity contribution in [3.63, 3.8) is 0 Å². The van der Waals surface area contributed by atoms with E-state index in [4.69, 9.17) is 27.6 Å². The number of rotatable bonds is 2. The van der Waals surface area contributed by atoms with Crippen LogP contribution in [0.5, 0.6) is 0 Å². The lowest BCUT2D eigenvalue weighted by Crippen LogP contribution is -1.89. The number of nitrogens with zero attached hydrogens (tertiary/aromatic N) is 4. The second-order valence-electron chi connectivity index (χ2n) is 4.23. The van der Waals surface area contributed by atoms with Crippen LogP contribution in [0.1, 0.15) is 0 Å². The highest BCUT2D eigenvalue weighted by molar-refractivity contribution is 7.19. The van der Waals surface area contributed by atoms with Crippen LogP contribution in [0.25, 0.3) is 27.1 Å². The van der Waals surface area contributed by atoms with Crippen LogP contribution in [0.3, 0.4) is 0 Å². The molecule has 0 N–H and O–H groups in total. The minimum atomic E-state index is 0.548. The Balaban J connectivity index is 1.88. The summed E-state index contributed by atoms with van der Waals surface area (Å²) in [6.07, 6.45) is 1.58. The molecule has 0 spiro atoms. The van der Waals surface area contributed by atoms with E-state index >= 15 is 0 Å². The van der Waals surface area contributed by atoms with Gasteiger partial charge in [0.15, 0.2) is 5.76 Å². The molecule has 21 heavy (non-hydrogen) atoms. The van der Waals surface area contributed by atoms with Gasteiger partial charge in [0.25, 0.3) is 0 Å². The molecule has 3 heterocycles. The molecule has 0 aliphatic heterocycles. The predicted molar refractivity (Wildman–Crippen MR) is 81.8 cm³/mol.